The highest BCUT2D eigenvalue weighted by Gasteiger charge is 2.35. The highest BCUT2D eigenvalue weighted by molar-refractivity contribution is 5.85. The minimum absolute atomic E-state index is 0.348. The molecule has 112 valence electrons. The third-order valence-corrected chi connectivity index (χ3v) is 3.87. The van der Waals surface area contributed by atoms with E-state index in [-0.39, 0.29) is 6.03 Å². The fourth-order valence-electron chi connectivity index (χ4n) is 1.96. The minimum Gasteiger partial charge on any atom is -0.480 e. The van der Waals surface area contributed by atoms with E-state index in [1.165, 1.54) is 25.8 Å². The number of carboxylic acid groups (broad SMARTS) is 1. The topological polar surface area (TPSA) is 69.6 Å². The van der Waals surface area contributed by atoms with E-state index in [0.29, 0.717) is 24.3 Å². The van der Waals surface area contributed by atoms with Crippen LogP contribution in [0.2, 0.25) is 0 Å². The predicted octanol–water partition coefficient (Wildman–Crippen LogP) is 2.42. The zero-order valence-electron chi connectivity index (χ0n) is 13.2. The maximum absolute atomic E-state index is 12.0. The molecule has 0 aliphatic carbocycles. The quantitative estimate of drug-likeness (QED) is 0.780. The first-order valence-electron chi connectivity index (χ1n) is 6.76. The van der Waals surface area contributed by atoms with Gasteiger partial charge in [-0.15, -0.1) is 0 Å². The maximum atomic E-state index is 12.0. The van der Waals surface area contributed by atoms with Gasteiger partial charge in [-0.3, -0.25) is 0 Å². The van der Waals surface area contributed by atoms with Crippen molar-refractivity contribution in [3.05, 3.63) is 0 Å². The zero-order valence-corrected chi connectivity index (χ0v) is 13.2. The summed E-state index contributed by atoms with van der Waals surface area (Å²) < 4.78 is 0. The molecule has 0 heterocycles. The van der Waals surface area contributed by atoms with Crippen LogP contribution < -0.4 is 5.32 Å². The standard InChI is InChI=1S/C14H28N2O3/c1-9(2)11(10(3)4)8-15-13(19)16(7)14(5,6)12(17)18/h9-11H,8H2,1-7H3,(H,15,19)(H,17,18). The molecule has 0 aromatic heterocycles. The van der Waals surface area contributed by atoms with Gasteiger partial charge in [0.15, 0.2) is 0 Å². The van der Waals surface area contributed by atoms with Crippen molar-refractivity contribution in [2.75, 3.05) is 13.6 Å². The van der Waals surface area contributed by atoms with Crippen molar-refractivity contribution >= 4 is 12.0 Å². The molecule has 0 aliphatic heterocycles. The first kappa shape index (κ1) is 17.7. The number of amides is 2. The van der Waals surface area contributed by atoms with Crippen LogP contribution in [0.3, 0.4) is 0 Å². The van der Waals surface area contributed by atoms with Gasteiger partial charge in [-0.1, -0.05) is 27.7 Å². The smallest absolute Gasteiger partial charge is 0.329 e. The molecule has 0 saturated carbocycles. The molecular weight excluding hydrogens is 244 g/mol. The lowest BCUT2D eigenvalue weighted by Crippen LogP contribution is -2.54. The summed E-state index contributed by atoms with van der Waals surface area (Å²) in [7, 11) is 1.50. The molecule has 0 aromatic rings. The van der Waals surface area contributed by atoms with Crippen molar-refractivity contribution in [3.8, 4) is 0 Å². The molecule has 2 amide bonds. The maximum Gasteiger partial charge on any atom is 0.329 e. The van der Waals surface area contributed by atoms with Crippen LogP contribution in [0.25, 0.3) is 0 Å². The summed E-state index contributed by atoms with van der Waals surface area (Å²) in [6.45, 7) is 12.1. The first-order valence-corrected chi connectivity index (χ1v) is 6.76. The Morgan fingerprint density at radius 1 is 1.16 bits per heavy atom. The Balaban J connectivity index is 4.59. The molecule has 5 nitrogen and oxygen atoms in total. The molecule has 0 atom stereocenters. The SMILES string of the molecule is CC(C)C(CNC(=O)N(C)C(C)(C)C(=O)O)C(C)C. The number of carbonyl (C=O) groups is 2. The van der Waals surface area contributed by atoms with Crippen LogP contribution in [-0.4, -0.2) is 41.1 Å². The number of hydrogen-bond donors (Lipinski definition) is 2. The summed E-state index contributed by atoms with van der Waals surface area (Å²) in [5.41, 5.74) is -1.21. The Labute approximate surface area is 116 Å². The van der Waals surface area contributed by atoms with Gasteiger partial charge in [0.05, 0.1) is 0 Å². The normalized spacial score (nSPS) is 12.1. The lowest BCUT2D eigenvalue weighted by molar-refractivity contribution is -0.146. The van der Waals surface area contributed by atoms with Crippen LogP contribution in [-0.2, 0) is 4.79 Å². The molecule has 0 saturated heterocycles. The summed E-state index contributed by atoms with van der Waals surface area (Å²) in [5, 5.41) is 11.9. The Morgan fingerprint density at radius 2 is 1.58 bits per heavy atom. The number of carboxylic acids is 1. The van der Waals surface area contributed by atoms with E-state index in [1.54, 1.807) is 0 Å². The van der Waals surface area contributed by atoms with Gasteiger partial charge in [-0.25, -0.2) is 9.59 Å². The van der Waals surface area contributed by atoms with Crippen LogP contribution in [0, 0.1) is 17.8 Å². The van der Waals surface area contributed by atoms with E-state index in [4.69, 9.17) is 5.11 Å². The fourth-order valence-corrected chi connectivity index (χ4v) is 1.96. The zero-order chi connectivity index (χ0) is 15.4. The van der Waals surface area contributed by atoms with E-state index in [2.05, 4.69) is 33.0 Å². The first-order chi connectivity index (χ1) is 8.51. The van der Waals surface area contributed by atoms with Gasteiger partial charge < -0.3 is 15.3 Å². The van der Waals surface area contributed by atoms with Crippen LogP contribution in [0.15, 0.2) is 0 Å². The largest absolute Gasteiger partial charge is 0.480 e. The Kier molecular flexibility index (Phi) is 6.33. The lowest BCUT2D eigenvalue weighted by Gasteiger charge is -2.33. The van der Waals surface area contributed by atoms with E-state index < -0.39 is 11.5 Å². The number of nitrogens with zero attached hydrogens (tertiary/aromatic N) is 1. The van der Waals surface area contributed by atoms with Crippen molar-refractivity contribution in [3.63, 3.8) is 0 Å². The average Bonchev–Trinajstić information content (AvgIpc) is 2.26. The number of likely N-dealkylation sites (N-methyl/N-ethyl adjacent to an activating group) is 1. The Morgan fingerprint density at radius 3 is 1.89 bits per heavy atom. The second-order valence-electron chi connectivity index (χ2n) is 6.26. The van der Waals surface area contributed by atoms with Crippen molar-refractivity contribution in [1.82, 2.24) is 10.2 Å². The highest BCUT2D eigenvalue weighted by atomic mass is 16.4. The number of nitrogens with one attached hydrogen (secondary N) is 1. The monoisotopic (exact) mass is 272 g/mol. The number of aliphatic carboxylic acids is 1. The fraction of sp³-hybridized carbons (Fsp3) is 0.857. The lowest BCUT2D eigenvalue weighted by atomic mass is 9.85. The number of urea groups is 1. The summed E-state index contributed by atoms with van der Waals surface area (Å²) in [6, 6.07) is -0.348. The summed E-state index contributed by atoms with van der Waals surface area (Å²) >= 11 is 0. The third kappa shape index (κ3) is 4.73. The van der Waals surface area contributed by atoms with Crippen molar-refractivity contribution in [2.45, 2.75) is 47.1 Å². The number of hydrogen-bond acceptors (Lipinski definition) is 2. The summed E-state index contributed by atoms with van der Waals surface area (Å²) in [6.07, 6.45) is 0. The summed E-state index contributed by atoms with van der Waals surface area (Å²) in [5.74, 6) is 0.302. The van der Waals surface area contributed by atoms with Gasteiger partial charge in [0, 0.05) is 13.6 Å². The minimum atomic E-state index is -1.21. The van der Waals surface area contributed by atoms with Gasteiger partial charge in [0.25, 0.3) is 0 Å². The van der Waals surface area contributed by atoms with Crippen molar-refractivity contribution < 1.29 is 14.7 Å². The van der Waals surface area contributed by atoms with Gasteiger partial charge in [0.1, 0.15) is 5.54 Å². The van der Waals surface area contributed by atoms with Gasteiger partial charge >= 0.3 is 12.0 Å². The predicted molar refractivity (Wildman–Crippen MR) is 76.0 cm³/mol. The molecule has 0 aromatic carbocycles. The molecule has 0 unspecified atom stereocenters. The van der Waals surface area contributed by atoms with E-state index in [9.17, 15) is 9.59 Å². The Hall–Kier alpha value is -1.26. The number of carbonyl (C=O) groups excluding carboxylic acids is 1. The molecule has 0 fully saturated rings. The van der Waals surface area contributed by atoms with Gasteiger partial charge in [0.2, 0.25) is 0 Å². The van der Waals surface area contributed by atoms with Crippen LogP contribution in [0.5, 0.6) is 0 Å². The molecule has 0 rings (SSSR count). The van der Waals surface area contributed by atoms with Gasteiger partial charge in [-0.2, -0.15) is 0 Å². The second-order valence-corrected chi connectivity index (χ2v) is 6.26. The van der Waals surface area contributed by atoms with E-state index >= 15 is 0 Å². The van der Waals surface area contributed by atoms with E-state index in [0.717, 1.165) is 0 Å². The van der Waals surface area contributed by atoms with Crippen LogP contribution >= 0.6 is 0 Å². The summed E-state index contributed by atoms with van der Waals surface area (Å²) in [4.78, 5) is 24.3. The molecule has 5 heteroatoms. The molecule has 0 radical (unpaired) electrons. The van der Waals surface area contributed by atoms with Crippen LogP contribution in [0.1, 0.15) is 41.5 Å². The van der Waals surface area contributed by atoms with Crippen molar-refractivity contribution in [1.29, 1.82) is 0 Å². The number of rotatable bonds is 6. The third-order valence-electron chi connectivity index (χ3n) is 3.87. The molecule has 0 bridgehead atoms. The van der Waals surface area contributed by atoms with Crippen molar-refractivity contribution in [2.24, 2.45) is 17.8 Å². The van der Waals surface area contributed by atoms with Crippen LogP contribution in [0.4, 0.5) is 4.79 Å². The molecule has 19 heavy (non-hydrogen) atoms. The molecule has 0 aliphatic rings. The molecule has 2 N–H and O–H groups in total. The molecular formula is C14H28N2O3. The average molecular weight is 272 g/mol. The highest BCUT2D eigenvalue weighted by Crippen LogP contribution is 2.20. The van der Waals surface area contributed by atoms with E-state index in [1.807, 2.05) is 0 Å². The molecule has 0 spiro atoms. The Bertz CT molecular complexity index is 317. The second kappa shape index (κ2) is 6.78. The van der Waals surface area contributed by atoms with Gasteiger partial charge in [-0.05, 0) is 31.6 Å².